The molecule has 4 saturated carbocycles. The van der Waals surface area contributed by atoms with Crippen LogP contribution in [0.5, 0.6) is 0 Å². The predicted molar refractivity (Wildman–Crippen MR) is 150 cm³/mol. The molecule has 11 nitrogen and oxygen atoms in total. The molecule has 2 N–H and O–H groups in total. The number of esters is 1. The lowest BCUT2D eigenvalue weighted by Crippen LogP contribution is -2.40. The molecule has 4 fully saturated rings. The Morgan fingerprint density at radius 2 is 1.21 bits per heavy atom. The van der Waals surface area contributed by atoms with Crippen molar-refractivity contribution in [2.24, 2.45) is 23.7 Å². The third kappa shape index (κ3) is 9.94. The molecule has 4 aliphatic carbocycles. The number of carbonyl (C=O) groups is 3. The van der Waals surface area contributed by atoms with Crippen LogP contribution in [-0.4, -0.2) is 65.2 Å². The first-order valence-corrected chi connectivity index (χ1v) is 15.7. The smallest absolute Gasteiger partial charge is 0.310 e. The van der Waals surface area contributed by atoms with E-state index in [1.165, 1.54) is 6.42 Å². The zero-order valence-corrected chi connectivity index (χ0v) is 24.7. The van der Waals surface area contributed by atoms with Crippen molar-refractivity contribution in [2.45, 2.75) is 127 Å². The molecule has 4 rings (SSSR count). The molecule has 0 aliphatic heterocycles. The van der Waals surface area contributed by atoms with Gasteiger partial charge in [0.25, 0.3) is 0 Å². The van der Waals surface area contributed by atoms with Crippen molar-refractivity contribution < 1.29 is 53.3 Å². The van der Waals surface area contributed by atoms with Gasteiger partial charge in [0.05, 0.1) is 30.5 Å². The van der Waals surface area contributed by atoms with Gasteiger partial charge < -0.3 is 29.2 Å². The number of rotatable bonds is 11. The maximum absolute atomic E-state index is 12.9. The second-order valence-electron chi connectivity index (χ2n) is 12.3. The Bertz CT molecular complexity index is 1030. The SMILES string of the molecule is C#COC1CCC(C(=O)O)C(C(=O)OC2CCC(OOCC3CC(OC#COC4CCCCC4)CCC3C(=O)O)CC2)C1. The minimum atomic E-state index is -1.02. The normalized spacial score (nSPS) is 33.1. The molecule has 0 bridgehead atoms. The first-order chi connectivity index (χ1) is 20.8. The standard InChI is InChI=1S/C32H44O11/c1-2-38-26-13-15-28(31(35)36)29(19-26)32(37)42-23-8-10-24(11-9-23)43-41-20-21-18-25(12-14-27(21)30(33)34)40-17-16-39-22-6-4-3-5-7-22/h1,21-29H,3-15,18-20H2,(H,33,34)(H,35,36). The van der Waals surface area contributed by atoms with E-state index in [9.17, 15) is 24.6 Å². The molecular weight excluding hydrogens is 560 g/mol. The van der Waals surface area contributed by atoms with Gasteiger partial charge in [-0.05, 0) is 89.9 Å². The molecule has 0 aromatic rings. The van der Waals surface area contributed by atoms with E-state index in [1.54, 1.807) is 0 Å². The van der Waals surface area contributed by atoms with E-state index in [0.717, 1.165) is 25.7 Å². The van der Waals surface area contributed by atoms with Crippen LogP contribution in [0.4, 0.5) is 0 Å². The summed E-state index contributed by atoms with van der Waals surface area (Å²) in [4.78, 5) is 47.6. The summed E-state index contributed by atoms with van der Waals surface area (Å²) in [6.07, 6.45) is 22.1. The number of carboxylic acid groups (broad SMARTS) is 2. The average Bonchev–Trinajstić information content (AvgIpc) is 3.00. The van der Waals surface area contributed by atoms with Crippen LogP contribution in [0.2, 0.25) is 0 Å². The molecule has 0 heterocycles. The molecule has 6 unspecified atom stereocenters. The summed E-state index contributed by atoms with van der Waals surface area (Å²) < 4.78 is 22.2. The summed E-state index contributed by atoms with van der Waals surface area (Å²) in [5.74, 6) is -4.87. The van der Waals surface area contributed by atoms with Crippen LogP contribution in [0.1, 0.15) is 96.3 Å². The lowest BCUT2D eigenvalue weighted by molar-refractivity contribution is -0.338. The van der Waals surface area contributed by atoms with Gasteiger partial charge in [0.15, 0.2) is 12.2 Å². The third-order valence-corrected chi connectivity index (χ3v) is 9.34. The minimum Gasteiger partial charge on any atom is -0.481 e. The highest BCUT2D eigenvalue weighted by Crippen LogP contribution is 2.35. The largest absolute Gasteiger partial charge is 0.481 e. The van der Waals surface area contributed by atoms with Crippen molar-refractivity contribution in [1.82, 2.24) is 0 Å². The lowest BCUT2D eigenvalue weighted by atomic mass is 9.77. The fourth-order valence-corrected chi connectivity index (χ4v) is 6.85. The number of ether oxygens (including phenoxy) is 4. The molecular formula is C32H44O11. The van der Waals surface area contributed by atoms with Crippen LogP contribution in [0.15, 0.2) is 0 Å². The Labute approximate surface area is 253 Å². The van der Waals surface area contributed by atoms with Gasteiger partial charge in [0.2, 0.25) is 0 Å². The summed E-state index contributed by atoms with van der Waals surface area (Å²) in [6.45, 7) is 0.122. The van der Waals surface area contributed by atoms with Gasteiger partial charge in [-0.3, -0.25) is 14.4 Å². The van der Waals surface area contributed by atoms with Gasteiger partial charge in [0, 0.05) is 5.92 Å². The molecule has 0 aromatic carbocycles. The second-order valence-corrected chi connectivity index (χ2v) is 12.3. The number of carbonyl (C=O) groups excluding carboxylic acids is 1. The van der Waals surface area contributed by atoms with Crippen LogP contribution in [0, 0.1) is 48.4 Å². The molecule has 0 spiro atoms. The lowest BCUT2D eigenvalue weighted by Gasteiger charge is -2.34. The Kier molecular flexibility index (Phi) is 12.7. The van der Waals surface area contributed by atoms with Crippen molar-refractivity contribution in [3.63, 3.8) is 0 Å². The zero-order valence-electron chi connectivity index (χ0n) is 24.7. The Hall–Kier alpha value is -3.15. The van der Waals surface area contributed by atoms with E-state index >= 15 is 0 Å². The molecule has 238 valence electrons. The van der Waals surface area contributed by atoms with Crippen LogP contribution < -0.4 is 0 Å². The van der Waals surface area contributed by atoms with Gasteiger partial charge in [-0.2, -0.15) is 0 Å². The fourth-order valence-electron chi connectivity index (χ4n) is 6.85. The Morgan fingerprint density at radius 3 is 1.86 bits per heavy atom. The van der Waals surface area contributed by atoms with E-state index < -0.39 is 35.7 Å². The number of terminal acetylenes is 1. The minimum absolute atomic E-state index is 0.122. The van der Waals surface area contributed by atoms with Crippen molar-refractivity contribution in [1.29, 1.82) is 0 Å². The fraction of sp³-hybridized carbons (Fsp3) is 0.781. The summed E-state index contributed by atoms with van der Waals surface area (Å²) in [6, 6.07) is 0. The molecule has 43 heavy (non-hydrogen) atoms. The number of aliphatic carboxylic acids is 2. The highest BCUT2D eigenvalue weighted by molar-refractivity contribution is 5.81. The van der Waals surface area contributed by atoms with Crippen LogP contribution in [0.25, 0.3) is 0 Å². The van der Waals surface area contributed by atoms with Gasteiger partial charge in [0.1, 0.15) is 30.5 Å². The van der Waals surface area contributed by atoms with Crippen molar-refractivity contribution >= 4 is 17.9 Å². The summed E-state index contributed by atoms with van der Waals surface area (Å²) in [7, 11) is 0. The van der Waals surface area contributed by atoms with Crippen molar-refractivity contribution in [2.75, 3.05) is 6.61 Å². The maximum Gasteiger partial charge on any atom is 0.310 e. The van der Waals surface area contributed by atoms with Crippen LogP contribution >= 0.6 is 0 Å². The third-order valence-electron chi connectivity index (χ3n) is 9.34. The van der Waals surface area contributed by atoms with E-state index in [4.69, 9.17) is 35.1 Å². The zero-order chi connectivity index (χ0) is 30.6. The van der Waals surface area contributed by atoms with Crippen molar-refractivity contribution in [3.05, 3.63) is 0 Å². The van der Waals surface area contributed by atoms with E-state index in [1.807, 2.05) is 0 Å². The molecule has 0 radical (unpaired) electrons. The molecule has 0 saturated heterocycles. The van der Waals surface area contributed by atoms with Crippen LogP contribution in [-0.2, 0) is 43.1 Å². The van der Waals surface area contributed by atoms with Gasteiger partial charge in [-0.25, -0.2) is 9.78 Å². The molecule has 4 aliphatic rings. The number of hydrogen-bond donors (Lipinski definition) is 2. The number of hydrogen-bond acceptors (Lipinski definition) is 9. The van der Waals surface area contributed by atoms with E-state index in [-0.39, 0.29) is 49.5 Å². The van der Waals surface area contributed by atoms with E-state index in [0.29, 0.717) is 57.8 Å². The maximum atomic E-state index is 12.9. The molecule has 0 amide bonds. The van der Waals surface area contributed by atoms with Gasteiger partial charge in [-0.15, -0.1) is 0 Å². The van der Waals surface area contributed by atoms with E-state index in [2.05, 4.69) is 18.3 Å². The first-order valence-electron chi connectivity index (χ1n) is 15.7. The predicted octanol–water partition coefficient (Wildman–Crippen LogP) is 4.42. The summed E-state index contributed by atoms with van der Waals surface area (Å²) in [5.41, 5.74) is 0. The Balaban J connectivity index is 1.17. The Morgan fingerprint density at radius 1 is 0.628 bits per heavy atom. The molecule has 0 aromatic heterocycles. The second kappa shape index (κ2) is 16.6. The van der Waals surface area contributed by atoms with Gasteiger partial charge >= 0.3 is 17.9 Å². The highest BCUT2D eigenvalue weighted by Gasteiger charge is 2.42. The van der Waals surface area contributed by atoms with Gasteiger partial charge in [-0.1, -0.05) is 12.8 Å². The van der Waals surface area contributed by atoms with Crippen LogP contribution in [0.3, 0.4) is 0 Å². The first kappa shape index (κ1) is 32.8. The summed E-state index contributed by atoms with van der Waals surface area (Å²) in [5, 5.41) is 19.3. The highest BCUT2D eigenvalue weighted by atomic mass is 17.2. The average molecular weight is 605 g/mol. The molecule has 6 atom stereocenters. The monoisotopic (exact) mass is 604 g/mol. The topological polar surface area (TPSA) is 147 Å². The van der Waals surface area contributed by atoms with Crippen molar-refractivity contribution in [3.8, 4) is 24.7 Å². The number of carboxylic acids is 2. The molecule has 11 heteroatoms. The quantitative estimate of drug-likeness (QED) is 0.149. The summed E-state index contributed by atoms with van der Waals surface area (Å²) >= 11 is 0.